The SMILES string of the molecule is CCn1ccc2cc(Br)cc(C(Cc3ccc(F)cc3)n3ccnc3)c21. The minimum Gasteiger partial charge on any atom is -0.347 e. The molecular weight excluding hydrogens is 393 g/mol. The zero-order chi connectivity index (χ0) is 18.1. The highest BCUT2D eigenvalue weighted by atomic mass is 79.9. The number of rotatable bonds is 5. The van der Waals surface area contributed by atoms with Gasteiger partial charge in [-0.05, 0) is 49.2 Å². The Hall–Kier alpha value is -2.40. The summed E-state index contributed by atoms with van der Waals surface area (Å²) in [6.07, 6.45) is 8.52. The van der Waals surface area contributed by atoms with E-state index in [2.05, 4.69) is 61.4 Å². The van der Waals surface area contributed by atoms with Crippen LogP contribution in [0.4, 0.5) is 4.39 Å². The average molecular weight is 412 g/mol. The molecule has 0 saturated heterocycles. The molecule has 0 amide bonds. The molecule has 0 saturated carbocycles. The number of benzene rings is 2. The van der Waals surface area contributed by atoms with Crippen LogP contribution in [0.2, 0.25) is 0 Å². The van der Waals surface area contributed by atoms with E-state index in [4.69, 9.17) is 0 Å². The first-order chi connectivity index (χ1) is 12.7. The minimum atomic E-state index is -0.211. The molecule has 0 aliphatic carbocycles. The van der Waals surface area contributed by atoms with Crippen LogP contribution in [0.25, 0.3) is 10.9 Å². The summed E-state index contributed by atoms with van der Waals surface area (Å²) in [7, 11) is 0. The van der Waals surface area contributed by atoms with E-state index in [1.165, 1.54) is 28.6 Å². The van der Waals surface area contributed by atoms with Crippen LogP contribution in [0, 0.1) is 5.82 Å². The molecule has 1 atom stereocenters. The van der Waals surface area contributed by atoms with Gasteiger partial charge in [-0.15, -0.1) is 0 Å². The molecule has 0 bridgehead atoms. The molecule has 0 fully saturated rings. The Bertz CT molecular complexity index is 1020. The Morgan fingerprint density at radius 1 is 1.12 bits per heavy atom. The molecule has 0 N–H and O–H groups in total. The molecule has 4 aromatic rings. The third kappa shape index (κ3) is 3.19. The van der Waals surface area contributed by atoms with E-state index >= 15 is 0 Å². The van der Waals surface area contributed by atoms with Crippen molar-refractivity contribution in [2.45, 2.75) is 25.9 Å². The Labute approximate surface area is 160 Å². The highest BCUT2D eigenvalue weighted by molar-refractivity contribution is 9.10. The molecule has 5 heteroatoms. The van der Waals surface area contributed by atoms with Crippen molar-refractivity contribution in [3.63, 3.8) is 0 Å². The van der Waals surface area contributed by atoms with Crippen molar-refractivity contribution in [2.75, 3.05) is 0 Å². The molecule has 26 heavy (non-hydrogen) atoms. The molecule has 1 unspecified atom stereocenters. The number of aryl methyl sites for hydroxylation is 1. The molecule has 3 nitrogen and oxygen atoms in total. The van der Waals surface area contributed by atoms with Crippen molar-refractivity contribution < 1.29 is 4.39 Å². The van der Waals surface area contributed by atoms with Gasteiger partial charge in [0, 0.05) is 40.6 Å². The quantitative estimate of drug-likeness (QED) is 0.419. The van der Waals surface area contributed by atoms with E-state index in [-0.39, 0.29) is 11.9 Å². The fourth-order valence-corrected chi connectivity index (χ4v) is 4.03. The fraction of sp³-hybridized carbons (Fsp3) is 0.190. The summed E-state index contributed by atoms with van der Waals surface area (Å²) in [5, 5.41) is 1.21. The highest BCUT2D eigenvalue weighted by Gasteiger charge is 2.20. The smallest absolute Gasteiger partial charge is 0.123 e. The van der Waals surface area contributed by atoms with Crippen molar-refractivity contribution in [2.24, 2.45) is 0 Å². The van der Waals surface area contributed by atoms with Crippen LogP contribution in [0.5, 0.6) is 0 Å². The molecule has 2 heterocycles. The lowest BCUT2D eigenvalue weighted by Gasteiger charge is -2.22. The van der Waals surface area contributed by atoms with Crippen LogP contribution in [-0.2, 0) is 13.0 Å². The van der Waals surface area contributed by atoms with Gasteiger partial charge in [-0.3, -0.25) is 0 Å². The monoisotopic (exact) mass is 411 g/mol. The summed E-state index contributed by atoms with van der Waals surface area (Å²) in [5.74, 6) is -0.211. The Morgan fingerprint density at radius 2 is 1.92 bits per heavy atom. The lowest BCUT2D eigenvalue weighted by Crippen LogP contribution is -2.14. The van der Waals surface area contributed by atoms with Crippen molar-refractivity contribution in [1.29, 1.82) is 0 Å². The Morgan fingerprint density at radius 3 is 2.62 bits per heavy atom. The van der Waals surface area contributed by atoms with E-state index in [0.717, 1.165) is 23.0 Å². The van der Waals surface area contributed by atoms with Crippen LogP contribution >= 0.6 is 15.9 Å². The number of aromatic nitrogens is 3. The van der Waals surface area contributed by atoms with Gasteiger partial charge in [-0.1, -0.05) is 28.1 Å². The van der Waals surface area contributed by atoms with Crippen molar-refractivity contribution in [1.82, 2.24) is 14.1 Å². The van der Waals surface area contributed by atoms with Crippen LogP contribution in [0.3, 0.4) is 0 Å². The first kappa shape index (κ1) is 17.0. The van der Waals surface area contributed by atoms with Crippen LogP contribution < -0.4 is 0 Å². The standard InChI is InChI=1S/C21H19BrFN3/c1-2-25-9-7-16-12-17(22)13-19(21(16)25)20(26-10-8-24-14-26)11-15-3-5-18(23)6-4-15/h3-10,12-14,20H,2,11H2,1H3. The zero-order valence-electron chi connectivity index (χ0n) is 14.4. The number of fused-ring (bicyclic) bond motifs is 1. The molecule has 0 aliphatic rings. The molecule has 4 rings (SSSR count). The molecular formula is C21H19BrFN3. The molecule has 0 aliphatic heterocycles. The van der Waals surface area contributed by atoms with Crippen molar-refractivity contribution >= 4 is 26.8 Å². The van der Waals surface area contributed by atoms with Gasteiger partial charge >= 0.3 is 0 Å². The largest absolute Gasteiger partial charge is 0.347 e. The molecule has 0 radical (unpaired) electrons. The Kier molecular flexibility index (Phi) is 4.64. The highest BCUT2D eigenvalue weighted by Crippen LogP contribution is 2.33. The third-order valence-electron chi connectivity index (χ3n) is 4.78. The molecule has 2 aromatic carbocycles. The topological polar surface area (TPSA) is 22.8 Å². The van der Waals surface area contributed by atoms with Gasteiger partial charge in [0.2, 0.25) is 0 Å². The maximum atomic E-state index is 13.3. The normalized spacial score (nSPS) is 12.6. The molecule has 2 aromatic heterocycles. The maximum Gasteiger partial charge on any atom is 0.123 e. The van der Waals surface area contributed by atoms with E-state index < -0.39 is 0 Å². The number of nitrogens with zero attached hydrogens (tertiary/aromatic N) is 3. The maximum absolute atomic E-state index is 13.3. The summed E-state index contributed by atoms with van der Waals surface area (Å²) >= 11 is 3.66. The van der Waals surface area contributed by atoms with E-state index in [9.17, 15) is 4.39 Å². The average Bonchev–Trinajstić information content (AvgIpc) is 3.30. The van der Waals surface area contributed by atoms with E-state index in [1.807, 2.05) is 24.7 Å². The van der Waals surface area contributed by atoms with Crippen LogP contribution in [0.1, 0.15) is 24.1 Å². The second-order valence-corrected chi connectivity index (χ2v) is 7.31. The van der Waals surface area contributed by atoms with Crippen molar-refractivity contribution in [3.05, 3.63) is 88.8 Å². The summed E-state index contributed by atoms with van der Waals surface area (Å²) in [5.41, 5.74) is 3.55. The predicted molar refractivity (Wildman–Crippen MR) is 106 cm³/mol. The number of hydrogen-bond donors (Lipinski definition) is 0. The van der Waals surface area contributed by atoms with Gasteiger partial charge in [-0.2, -0.15) is 0 Å². The van der Waals surface area contributed by atoms with Gasteiger partial charge in [0.25, 0.3) is 0 Å². The fourth-order valence-electron chi connectivity index (χ4n) is 3.54. The summed E-state index contributed by atoms with van der Waals surface area (Å²) < 4.78 is 18.8. The van der Waals surface area contributed by atoms with Crippen molar-refractivity contribution in [3.8, 4) is 0 Å². The van der Waals surface area contributed by atoms with Gasteiger partial charge in [0.15, 0.2) is 0 Å². The van der Waals surface area contributed by atoms with E-state index in [0.29, 0.717) is 0 Å². The number of halogens is 2. The lowest BCUT2D eigenvalue weighted by molar-refractivity contribution is 0.578. The second-order valence-electron chi connectivity index (χ2n) is 6.39. The first-order valence-electron chi connectivity index (χ1n) is 8.66. The van der Waals surface area contributed by atoms with Crippen LogP contribution in [-0.4, -0.2) is 14.1 Å². The first-order valence-corrected chi connectivity index (χ1v) is 9.45. The van der Waals surface area contributed by atoms with Gasteiger partial charge in [-0.25, -0.2) is 9.37 Å². The van der Waals surface area contributed by atoms with Gasteiger partial charge in [0.05, 0.1) is 17.9 Å². The number of imidazole rings is 1. The minimum absolute atomic E-state index is 0.0724. The van der Waals surface area contributed by atoms with Gasteiger partial charge in [0.1, 0.15) is 5.82 Å². The Balaban J connectivity index is 1.88. The summed E-state index contributed by atoms with van der Waals surface area (Å²) in [6.45, 7) is 3.06. The lowest BCUT2D eigenvalue weighted by atomic mass is 9.96. The zero-order valence-corrected chi connectivity index (χ0v) is 16.0. The van der Waals surface area contributed by atoms with Gasteiger partial charge < -0.3 is 9.13 Å². The summed E-state index contributed by atoms with van der Waals surface area (Å²) in [4.78, 5) is 4.24. The van der Waals surface area contributed by atoms with E-state index in [1.54, 1.807) is 6.20 Å². The summed E-state index contributed by atoms with van der Waals surface area (Å²) in [6, 6.07) is 13.3. The number of hydrogen-bond acceptors (Lipinski definition) is 1. The second kappa shape index (κ2) is 7.08. The predicted octanol–water partition coefficient (Wildman–Crippen LogP) is 5.59. The molecule has 132 valence electrons. The third-order valence-corrected chi connectivity index (χ3v) is 5.24. The van der Waals surface area contributed by atoms with Crippen LogP contribution in [0.15, 0.2) is 71.9 Å². The molecule has 0 spiro atoms.